The normalized spacial score (nSPS) is 10.4. The molecule has 100 valence electrons. The number of aryl methyl sites for hydroxylation is 1. The molecule has 3 aromatic rings. The Bertz CT molecular complexity index is 715. The molecule has 2 aromatic heterocycles. The molecular formula is C15H12N2OS2. The second kappa shape index (κ2) is 5.56. The minimum absolute atomic E-state index is 0.174. The van der Waals surface area contributed by atoms with Crippen LogP contribution < -0.4 is 5.32 Å². The van der Waals surface area contributed by atoms with Crippen LogP contribution in [0.4, 0.5) is 5.69 Å². The average Bonchev–Trinajstić information content (AvgIpc) is 3.11. The number of thiazole rings is 1. The number of thiophene rings is 1. The molecule has 20 heavy (non-hydrogen) atoms. The van der Waals surface area contributed by atoms with Gasteiger partial charge in [0.25, 0.3) is 5.91 Å². The molecule has 1 amide bonds. The molecular weight excluding hydrogens is 288 g/mol. The molecule has 0 aliphatic rings. The molecule has 0 aliphatic carbocycles. The van der Waals surface area contributed by atoms with Gasteiger partial charge >= 0.3 is 0 Å². The summed E-state index contributed by atoms with van der Waals surface area (Å²) < 4.78 is 0. The number of carbonyl (C=O) groups is 1. The molecule has 0 radical (unpaired) electrons. The number of nitrogens with one attached hydrogen (secondary N) is 1. The van der Waals surface area contributed by atoms with Crippen molar-refractivity contribution in [2.24, 2.45) is 0 Å². The van der Waals surface area contributed by atoms with Gasteiger partial charge in [-0.05, 0) is 30.5 Å². The molecule has 0 atom stereocenters. The highest BCUT2D eigenvalue weighted by molar-refractivity contribution is 7.14. The van der Waals surface area contributed by atoms with E-state index in [-0.39, 0.29) is 5.91 Å². The van der Waals surface area contributed by atoms with Crippen LogP contribution in [0, 0.1) is 6.92 Å². The molecule has 3 rings (SSSR count). The highest BCUT2D eigenvalue weighted by Gasteiger charge is 2.12. The van der Waals surface area contributed by atoms with E-state index >= 15 is 0 Å². The summed E-state index contributed by atoms with van der Waals surface area (Å²) in [5.41, 5.74) is 3.47. The van der Waals surface area contributed by atoms with Crippen LogP contribution in [0.1, 0.15) is 16.1 Å². The molecule has 0 spiro atoms. The molecule has 0 aliphatic heterocycles. The minimum atomic E-state index is -0.174. The van der Waals surface area contributed by atoms with Crippen molar-refractivity contribution in [1.29, 1.82) is 0 Å². The van der Waals surface area contributed by atoms with Crippen molar-refractivity contribution in [2.45, 2.75) is 6.92 Å². The molecule has 1 N–H and O–H groups in total. The number of anilines is 1. The van der Waals surface area contributed by atoms with E-state index in [9.17, 15) is 4.79 Å². The topological polar surface area (TPSA) is 42.0 Å². The molecule has 2 heterocycles. The van der Waals surface area contributed by atoms with Gasteiger partial charge in [-0.1, -0.05) is 17.7 Å². The molecule has 0 saturated heterocycles. The van der Waals surface area contributed by atoms with Crippen molar-refractivity contribution in [3.63, 3.8) is 0 Å². The molecule has 3 nitrogen and oxygen atoms in total. The lowest BCUT2D eigenvalue weighted by Crippen LogP contribution is -2.12. The Morgan fingerprint density at radius 3 is 2.65 bits per heavy atom. The fourth-order valence-corrected chi connectivity index (χ4v) is 3.24. The van der Waals surface area contributed by atoms with Gasteiger partial charge in [-0.15, -0.1) is 11.3 Å². The number of rotatable bonds is 3. The zero-order valence-corrected chi connectivity index (χ0v) is 12.4. The van der Waals surface area contributed by atoms with Crippen LogP contribution in [0.2, 0.25) is 0 Å². The fraction of sp³-hybridized carbons (Fsp3) is 0.0667. The highest BCUT2D eigenvalue weighted by atomic mass is 32.1. The predicted molar refractivity (Wildman–Crippen MR) is 84.6 cm³/mol. The third kappa shape index (κ3) is 2.79. The van der Waals surface area contributed by atoms with Crippen molar-refractivity contribution in [1.82, 2.24) is 4.98 Å². The second-order valence-electron chi connectivity index (χ2n) is 4.37. The third-order valence-corrected chi connectivity index (χ3v) is 4.39. The van der Waals surface area contributed by atoms with Crippen molar-refractivity contribution in [3.05, 3.63) is 57.7 Å². The van der Waals surface area contributed by atoms with Gasteiger partial charge in [-0.2, -0.15) is 11.3 Å². The van der Waals surface area contributed by atoms with Gasteiger partial charge in [0.1, 0.15) is 10.7 Å². The van der Waals surface area contributed by atoms with Crippen LogP contribution in [-0.2, 0) is 0 Å². The Hall–Kier alpha value is -1.98. The predicted octanol–water partition coefficient (Wildman–Crippen LogP) is 4.43. The molecule has 0 fully saturated rings. The minimum Gasteiger partial charge on any atom is -0.321 e. The first-order chi connectivity index (χ1) is 9.72. The first-order valence-corrected chi connectivity index (χ1v) is 7.91. The van der Waals surface area contributed by atoms with Crippen LogP contribution in [0.25, 0.3) is 10.6 Å². The van der Waals surface area contributed by atoms with Crippen LogP contribution in [0.3, 0.4) is 0 Å². The molecule has 0 saturated carbocycles. The Kier molecular flexibility index (Phi) is 3.62. The summed E-state index contributed by atoms with van der Waals surface area (Å²) in [6, 6.07) is 9.71. The summed E-state index contributed by atoms with van der Waals surface area (Å²) in [4.78, 5) is 16.5. The Labute approximate surface area is 124 Å². The number of nitrogens with zero attached hydrogens (tertiary/aromatic N) is 1. The summed E-state index contributed by atoms with van der Waals surface area (Å²) >= 11 is 3.11. The van der Waals surface area contributed by atoms with Gasteiger partial charge in [-0.3, -0.25) is 4.79 Å². The van der Waals surface area contributed by atoms with Crippen LogP contribution in [0.5, 0.6) is 0 Å². The van der Waals surface area contributed by atoms with Gasteiger partial charge in [0, 0.05) is 22.0 Å². The van der Waals surface area contributed by atoms with Gasteiger partial charge in [0.05, 0.1) is 0 Å². The molecule has 1 aromatic carbocycles. The second-order valence-corrected chi connectivity index (χ2v) is 6.01. The largest absolute Gasteiger partial charge is 0.321 e. The van der Waals surface area contributed by atoms with E-state index in [1.165, 1.54) is 11.3 Å². The van der Waals surface area contributed by atoms with E-state index in [2.05, 4.69) is 10.3 Å². The van der Waals surface area contributed by atoms with E-state index in [1.807, 2.05) is 48.0 Å². The smallest absolute Gasteiger partial charge is 0.275 e. The van der Waals surface area contributed by atoms with E-state index in [0.29, 0.717) is 5.69 Å². The molecule has 0 unspecified atom stereocenters. The Morgan fingerprint density at radius 2 is 1.95 bits per heavy atom. The summed E-state index contributed by atoms with van der Waals surface area (Å²) in [5.74, 6) is -0.174. The van der Waals surface area contributed by atoms with E-state index in [1.54, 1.807) is 16.7 Å². The summed E-state index contributed by atoms with van der Waals surface area (Å²) in [7, 11) is 0. The first kappa shape index (κ1) is 13.0. The standard InChI is InChI=1S/C15H12N2OS2/c1-10-2-4-12(5-3-10)16-14(18)13-9-20-15(17-13)11-6-7-19-8-11/h2-9H,1H3,(H,16,18). The number of aromatic nitrogens is 1. The molecule has 0 bridgehead atoms. The number of benzene rings is 1. The zero-order chi connectivity index (χ0) is 13.9. The summed E-state index contributed by atoms with van der Waals surface area (Å²) in [5, 5.41) is 9.55. The number of amides is 1. The van der Waals surface area contributed by atoms with E-state index in [4.69, 9.17) is 0 Å². The number of hydrogen-bond acceptors (Lipinski definition) is 4. The summed E-state index contributed by atoms with van der Waals surface area (Å²) in [6.45, 7) is 2.01. The average molecular weight is 300 g/mol. The first-order valence-electron chi connectivity index (χ1n) is 6.08. The maximum Gasteiger partial charge on any atom is 0.275 e. The maximum atomic E-state index is 12.1. The van der Waals surface area contributed by atoms with E-state index < -0.39 is 0 Å². The Balaban J connectivity index is 1.76. The van der Waals surface area contributed by atoms with Gasteiger partial charge in [0.2, 0.25) is 0 Å². The summed E-state index contributed by atoms with van der Waals surface area (Å²) in [6.07, 6.45) is 0. The molecule has 5 heteroatoms. The van der Waals surface area contributed by atoms with Gasteiger partial charge in [0.15, 0.2) is 0 Å². The number of carbonyl (C=O) groups excluding carboxylic acids is 1. The van der Waals surface area contributed by atoms with Crippen molar-refractivity contribution in [2.75, 3.05) is 5.32 Å². The Morgan fingerprint density at radius 1 is 1.15 bits per heavy atom. The maximum absolute atomic E-state index is 12.1. The van der Waals surface area contributed by atoms with Gasteiger partial charge in [-0.25, -0.2) is 4.98 Å². The van der Waals surface area contributed by atoms with Crippen LogP contribution >= 0.6 is 22.7 Å². The van der Waals surface area contributed by atoms with Crippen molar-refractivity contribution in [3.8, 4) is 10.6 Å². The fourth-order valence-electron chi connectivity index (χ4n) is 1.73. The SMILES string of the molecule is Cc1ccc(NC(=O)c2csc(-c3ccsc3)n2)cc1. The third-order valence-electron chi connectivity index (χ3n) is 2.81. The van der Waals surface area contributed by atoms with Crippen LogP contribution in [0.15, 0.2) is 46.5 Å². The van der Waals surface area contributed by atoms with Crippen LogP contribution in [-0.4, -0.2) is 10.9 Å². The monoisotopic (exact) mass is 300 g/mol. The lowest BCUT2D eigenvalue weighted by atomic mass is 10.2. The zero-order valence-electron chi connectivity index (χ0n) is 10.8. The van der Waals surface area contributed by atoms with Gasteiger partial charge < -0.3 is 5.32 Å². The van der Waals surface area contributed by atoms with E-state index in [0.717, 1.165) is 21.8 Å². The number of hydrogen-bond donors (Lipinski definition) is 1. The highest BCUT2D eigenvalue weighted by Crippen LogP contribution is 2.26. The van der Waals surface area contributed by atoms with Crippen molar-refractivity contribution >= 4 is 34.3 Å². The lowest BCUT2D eigenvalue weighted by Gasteiger charge is -2.03. The quantitative estimate of drug-likeness (QED) is 0.777. The lowest BCUT2D eigenvalue weighted by molar-refractivity contribution is 0.102. The van der Waals surface area contributed by atoms with Crippen molar-refractivity contribution < 1.29 is 4.79 Å².